The van der Waals surface area contributed by atoms with E-state index in [1.165, 1.54) is 5.56 Å². The maximum Gasteiger partial charge on any atom is 0.0947 e. The lowest BCUT2D eigenvalue weighted by molar-refractivity contribution is 0.418. The van der Waals surface area contributed by atoms with Crippen LogP contribution in [-0.4, -0.2) is 12.6 Å². The summed E-state index contributed by atoms with van der Waals surface area (Å²) in [5, 5.41) is 3.32. The second-order valence-corrected chi connectivity index (χ2v) is 3.81. The first-order valence-corrected chi connectivity index (χ1v) is 5.21. The molecule has 3 nitrogen and oxygen atoms in total. The minimum Gasteiger partial charge on any atom is -0.472 e. The normalized spacial score (nSPS) is 15.4. The van der Waals surface area contributed by atoms with Gasteiger partial charge in [0.25, 0.3) is 0 Å². The SMILES string of the molecule is CCC(C)C(N)CNCc1ccoc1. The van der Waals surface area contributed by atoms with E-state index in [9.17, 15) is 0 Å². The molecule has 0 fully saturated rings. The van der Waals surface area contributed by atoms with Gasteiger partial charge in [0.2, 0.25) is 0 Å². The molecular formula is C11H20N2O. The molecule has 0 saturated heterocycles. The zero-order valence-corrected chi connectivity index (χ0v) is 8.99. The predicted molar refractivity (Wildman–Crippen MR) is 57.8 cm³/mol. The van der Waals surface area contributed by atoms with E-state index in [2.05, 4.69) is 19.2 Å². The molecule has 0 aliphatic carbocycles. The highest BCUT2D eigenvalue weighted by Crippen LogP contribution is 2.04. The van der Waals surface area contributed by atoms with Gasteiger partial charge in [-0.2, -0.15) is 0 Å². The van der Waals surface area contributed by atoms with Gasteiger partial charge < -0.3 is 15.5 Å². The smallest absolute Gasteiger partial charge is 0.0947 e. The van der Waals surface area contributed by atoms with Gasteiger partial charge in [-0.15, -0.1) is 0 Å². The fourth-order valence-electron chi connectivity index (χ4n) is 1.28. The maximum absolute atomic E-state index is 5.98. The minimum absolute atomic E-state index is 0.243. The topological polar surface area (TPSA) is 51.2 Å². The molecule has 3 heteroatoms. The van der Waals surface area contributed by atoms with E-state index in [-0.39, 0.29) is 6.04 Å². The van der Waals surface area contributed by atoms with Gasteiger partial charge in [0.05, 0.1) is 12.5 Å². The summed E-state index contributed by atoms with van der Waals surface area (Å²) in [4.78, 5) is 0. The molecule has 3 N–H and O–H groups in total. The molecule has 1 rings (SSSR count). The van der Waals surface area contributed by atoms with E-state index in [0.717, 1.165) is 19.5 Å². The van der Waals surface area contributed by atoms with Gasteiger partial charge in [0, 0.05) is 24.7 Å². The van der Waals surface area contributed by atoms with Crippen molar-refractivity contribution in [1.29, 1.82) is 0 Å². The first-order valence-electron chi connectivity index (χ1n) is 5.21. The van der Waals surface area contributed by atoms with Crippen LogP contribution >= 0.6 is 0 Å². The van der Waals surface area contributed by atoms with Crippen molar-refractivity contribution >= 4 is 0 Å². The molecule has 80 valence electrons. The van der Waals surface area contributed by atoms with Crippen molar-refractivity contribution in [1.82, 2.24) is 5.32 Å². The zero-order chi connectivity index (χ0) is 10.4. The Bertz CT molecular complexity index is 233. The van der Waals surface area contributed by atoms with E-state index < -0.39 is 0 Å². The van der Waals surface area contributed by atoms with Crippen LogP contribution in [0, 0.1) is 5.92 Å². The van der Waals surface area contributed by atoms with Crippen molar-refractivity contribution in [2.45, 2.75) is 32.9 Å². The Labute approximate surface area is 85.7 Å². The molecule has 0 aromatic carbocycles. The van der Waals surface area contributed by atoms with Crippen molar-refractivity contribution < 1.29 is 4.42 Å². The zero-order valence-electron chi connectivity index (χ0n) is 8.99. The van der Waals surface area contributed by atoms with Crippen molar-refractivity contribution in [2.24, 2.45) is 11.7 Å². The number of nitrogens with two attached hydrogens (primary N) is 1. The predicted octanol–water partition coefficient (Wildman–Crippen LogP) is 1.74. The first kappa shape index (κ1) is 11.3. The quantitative estimate of drug-likeness (QED) is 0.728. The summed E-state index contributed by atoms with van der Waals surface area (Å²) in [5.41, 5.74) is 7.15. The minimum atomic E-state index is 0.243. The van der Waals surface area contributed by atoms with Gasteiger partial charge in [-0.05, 0) is 12.0 Å². The Morgan fingerprint density at radius 3 is 2.93 bits per heavy atom. The Hall–Kier alpha value is -0.800. The number of furan rings is 1. The molecule has 0 aliphatic heterocycles. The van der Waals surface area contributed by atoms with E-state index in [4.69, 9.17) is 10.2 Å². The molecule has 0 amide bonds. The Morgan fingerprint density at radius 1 is 1.57 bits per heavy atom. The molecule has 0 spiro atoms. The van der Waals surface area contributed by atoms with E-state index in [0.29, 0.717) is 5.92 Å². The summed E-state index contributed by atoms with van der Waals surface area (Å²) in [5.74, 6) is 0.576. The Kier molecular flexibility index (Phi) is 4.70. The molecule has 0 bridgehead atoms. The van der Waals surface area contributed by atoms with Crippen LogP contribution in [0.25, 0.3) is 0 Å². The molecule has 2 unspecified atom stereocenters. The molecular weight excluding hydrogens is 176 g/mol. The second kappa shape index (κ2) is 5.83. The lowest BCUT2D eigenvalue weighted by Crippen LogP contribution is -2.38. The van der Waals surface area contributed by atoms with Gasteiger partial charge >= 0.3 is 0 Å². The van der Waals surface area contributed by atoms with Gasteiger partial charge in [0.1, 0.15) is 0 Å². The second-order valence-electron chi connectivity index (χ2n) is 3.81. The van der Waals surface area contributed by atoms with Crippen molar-refractivity contribution in [3.05, 3.63) is 24.2 Å². The maximum atomic E-state index is 5.98. The summed E-state index contributed by atoms with van der Waals surface area (Å²) >= 11 is 0. The fraction of sp³-hybridized carbons (Fsp3) is 0.636. The van der Waals surface area contributed by atoms with Crippen LogP contribution in [0.3, 0.4) is 0 Å². The van der Waals surface area contributed by atoms with Crippen molar-refractivity contribution in [3.63, 3.8) is 0 Å². The fourth-order valence-corrected chi connectivity index (χ4v) is 1.28. The van der Waals surface area contributed by atoms with Crippen LogP contribution in [0.5, 0.6) is 0 Å². The van der Waals surface area contributed by atoms with Gasteiger partial charge in [-0.1, -0.05) is 20.3 Å². The van der Waals surface area contributed by atoms with Gasteiger partial charge in [-0.3, -0.25) is 0 Å². The molecule has 0 saturated carbocycles. The lowest BCUT2D eigenvalue weighted by Gasteiger charge is -2.18. The van der Waals surface area contributed by atoms with E-state index in [1.807, 2.05) is 6.07 Å². The van der Waals surface area contributed by atoms with E-state index in [1.54, 1.807) is 12.5 Å². The monoisotopic (exact) mass is 196 g/mol. The number of hydrogen-bond donors (Lipinski definition) is 2. The number of nitrogens with one attached hydrogen (secondary N) is 1. The van der Waals surface area contributed by atoms with Crippen LogP contribution in [0.4, 0.5) is 0 Å². The summed E-state index contributed by atoms with van der Waals surface area (Å²) in [6, 6.07) is 2.20. The van der Waals surface area contributed by atoms with Crippen LogP contribution in [0.2, 0.25) is 0 Å². The first-order chi connectivity index (χ1) is 6.74. The molecule has 2 atom stereocenters. The summed E-state index contributed by atoms with van der Waals surface area (Å²) < 4.78 is 4.97. The van der Waals surface area contributed by atoms with Crippen LogP contribution in [-0.2, 0) is 6.54 Å². The number of hydrogen-bond acceptors (Lipinski definition) is 3. The number of rotatable bonds is 6. The highest BCUT2D eigenvalue weighted by Gasteiger charge is 2.09. The van der Waals surface area contributed by atoms with Crippen LogP contribution < -0.4 is 11.1 Å². The van der Waals surface area contributed by atoms with E-state index >= 15 is 0 Å². The summed E-state index contributed by atoms with van der Waals surface area (Å²) in [6.07, 6.45) is 4.57. The average Bonchev–Trinajstić information content (AvgIpc) is 2.69. The largest absolute Gasteiger partial charge is 0.472 e. The highest BCUT2D eigenvalue weighted by atomic mass is 16.3. The lowest BCUT2D eigenvalue weighted by atomic mass is 10.0. The molecule has 0 radical (unpaired) electrons. The highest BCUT2D eigenvalue weighted by molar-refractivity contribution is 5.04. The molecule has 1 aromatic rings. The standard InChI is InChI=1S/C11H20N2O/c1-3-9(2)11(12)7-13-6-10-4-5-14-8-10/h4-5,8-9,11,13H,3,6-7,12H2,1-2H3. The van der Waals surface area contributed by atoms with Crippen molar-refractivity contribution in [2.75, 3.05) is 6.54 Å². The summed E-state index contributed by atoms with van der Waals surface area (Å²) in [6.45, 7) is 6.05. The molecule has 14 heavy (non-hydrogen) atoms. The van der Waals surface area contributed by atoms with Crippen molar-refractivity contribution in [3.8, 4) is 0 Å². The third kappa shape index (κ3) is 3.52. The van der Waals surface area contributed by atoms with Gasteiger partial charge in [-0.25, -0.2) is 0 Å². The average molecular weight is 196 g/mol. The Morgan fingerprint density at radius 2 is 2.36 bits per heavy atom. The molecule has 1 aromatic heterocycles. The molecule has 1 heterocycles. The van der Waals surface area contributed by atoms with Gasteiger partial charge in [0.15, 0.2) is 0 Å². The Balaban J connectivity index is 2.15. The third-order valence-corrected chi connectivity index (χ3v) is 2.66. The van der Waals surface area contributed by atoms with Crippen LogP contribution in [0.1, 0.15) is 25.8 Å². The summed E-state index contributed by atoms with van der Waals surface area (Å²) in [7, 11) is 0. The molecule has 0 aliphatic rings. The third-order valence-electron chi connectivity index (χ3n) is 2.66. The van der Waals surface area contributed by atoms with Crippen LogP contribution in [0.15, 0.2) is 23.0 Å².